The van der Waals surface area contributed by atoms with E-state index in [0.29, 0.717) is 6.04 Å². The number of aromatic nitrogens is 1. The van der Waals surface area contributed by atoms with Crippen molar-refractivity contribution in [2.75, 3.05) is 0 Å². The lowest BCUT2D eigenvalue weighted by atomic mass is 9.93. The fourth-order valence-electron chi connectivity index (χ4n) is 3.28. The molecule has 3 aromatic rings. The average Bonchev–Trinajstić information content (AvgIpc) is 3.02. The zero-order valence-electron chi connectivity index (χ0n) is 11.9. The molecule has 1 aromatic carbocycles. The SMILES string of the molecule is c1cc(CNC2CCCc3sccc32)c2ccncc2c1. The van der Waals surface area contributed by atoms with E-state index in [0.717, 1.165) is 6.54 Å². The largest absolute Gasteiger partial charge is 0.306 e. The summed E-state index contributed by atoms with van der Waals surface area (Å²) < 4.78 is 0. The first-order chi connectivity index (χ1) is 10.4. The predicted octanol–water partition coefficient (Wildman–Crippen LogP) is 4.46. The fourth-order valence-corrected chi connectivity index (χ4v) is 4.26. The highest BCUT2D eigenvalue weighted by Gasteiger charge is 2.20. The van der Waals surface area contributed by atoms with Gasteiger partial charge in [-0.2, -0.15) is 0 Å². The smallest absolute Gasteiger partial charge is 0.0346 e. The predicted molar refractivity (Wildman–Crippen MR) is 88.6 cm³/mol. The van der Waals surface area contributed by atoms with Crippen molar-refractivity contribution >= 4 is 22.1 Å². The molecule has 0 amide bonds. The van der Waals surface area contributed by atoms with Crippen LogP contribution < -0.4 is 5.32 Å². The second kappa shape index (κ2) is 5.58. The number of fused-ring (bicyclic) bond motifs is 2. The van der Waals surface area contributed by atoms with Crippen molar-refractivity contribution in [3.63, 3.8) is 0 Å². The van der Waals surface area contributed by atoms with Gasteiger partial charge in [0, 0.05) is 35.2 Å². The van der Waals surface area contributed by atoms with Crippen LogP contribution >= 0.6 is 11.3 Å². The van der Waals surface area contributed by atoms with E-state index in [1.807, 2.05) is 23.7 Å². The molecule has 21 heavy (non-hydrogen) atoms. The van der Waals surface area contributed by atoms with Gasteiger partial charge in [-0.15, -0.1) is 11.3 Å². The van der Waals surface area contributed by atoms with Gasteiger partial charge in [0.25, 0.3) is 0 Å². The number of benzene rings is 1. The van der Waals surface area contributed by atoms with Gasteiger partial charge in [-0.25, -0.2) is 0 Å². The Morgan fingerprint density at radius 2 is 2.24 bits per heavy atom. The lowest BCUT2D eigenvalue weighted by Crippen LogP contribution is -2.23. The number of pyridine rings is 1. The van der Waals surface area contributed by atoms with E-state index < -0.39 is 0 Å². The average molecular weight is 294 g/mol. The molecule has 1 aliphatic rings. The molecule has 4 rings (SSSR count). The molecule has 0 saturated carbocycles. The molecular weight excluding hydrogens is 276 g/mol. The van der Waals surface area contributed by atoms with Gasteiger partial charge in [0.05, 0.1) is 0 Å². The molecule has 2 heterocycles. The van der Waals surface area contributed by atoms with Crippen LogP contribution in [-0.4, -0.2) is 4.98 Å². The van der Waals surface area contributed by atoms with Crippen LogP contribution in [0, 0.1) is 0 Å². The van der Waals surface area contributed by atoms with Gasteiger partial charge in [-0.05, 0) is 53.3 Å². The molecule has 1 aliphatic carbocycles. The molecule has 0 aliphatic heterocycles. The molecule has 1 atom stereocenters. The number of nitrogens with zero attached hydrogens (tertiary/aromatic N) is 1. The monoisotopic (exact) mass is 294 g/mol. The zero-order chi connectivity index (χ0) is 14.1. The van der Waals surface area contributed by atoms with Gasteiger partial charge in [-0.1, -0.05) is 18.2 Å². The van der Waals surface area contributed by atoms with Crippen LogP contribution in [0.1, 0.15) is 34.9 Å². The molecule has 0 spiro atoms. The second-order valence-electron chi connectivity index (χ2n) is 5.64. The normalized spacial score (nSPS) is 17.8. The van der Waals surface area contributed by atoms with Crippen LogP contribution in [0.25, 0.3) is 10.8 Å². The Morgan fingerprint density at radius 3 is 3.24 bits per heavy atom. The molecule has 0 radical (unpaired) electrons. The molecule has 2 nitrogen and oxygen atoms in total. The quantitative estimate of drug-likeness (QED) is 0.771. The van der Waals surface area contributed by atoms with Crippen molar-refractivity contribution in [2.45, 2.75) is 31.8 Å². The summed E-state index contributed by atoms with van der Waals surface area (Å²) >= 11 is 1.91. The molecule has 0 bridgehead atoms. The first-order valence-corrected chi connectivity index (χ1v) is 8.41. The molecule has 106 valence electrons. The minimum atomic E-state index is 0.511. The minimum Gasteiger partial charge on any atom is -0.306 e. The van der Waals surface area contributed by atoms with Gasteiger partial charge in [0.2, 0.25) is 0 Å². The van der Waals surface area contributed by atoms with E-state index in [2.05, 4.69) is 46.0 Å². The maximum absolute atomic E-state index is 4.21. The first-order valence-electron chi connectivity index (χ1n) is 7.53. The second-order valence-corrected chi connectivity index (χ2v) is 6.64. The lowest BCUT2D eigenvalue weighted by molar-refractivity contribution is 0.464. The van der Waals surface area contributed by atoms with Gasteiger partial charge in [0.1, 0.15) is 0 Å². The summed E-state index contributed by atoms with van der Waals surface area (Å²) in [4.78, 5) is 5.78. The van der Waals surface area contributed by atoms with Crippen LogP contribution in [0.4, 0.5) is 0 Å². The van der Waals surface area contributed by atoms with Gasteiger partial charge in [-0.3, -0.25) is 4.98 Å². The van der Waals surface area contributed by atoms with Gasteiger partial charge in [0.15, 0.2) is 0 Å². The maximum Gasteiger partial charge on any atom is 0.0346 e. The van der Waals surface area contributed by atoms with Crippen molar-refractivity contribution < 1.29 is 0 Å². The summed E-state index contributed by atoms with van der Waals surface area (Å²) in [7, 11) is 0. The highest BCUT2D eigenvalue weighted by Crippen LogP contribution is 2.33. The summed E-state index contributed by atoms with van der Waals surface area (Å²) in [6, 6.07) is 11.4. The molecule has 0 saturated heterocycles. The number of hydrogen-bond acceptors (Lipinski definition) is 3. The number of nitrogens with one attached hydrogen (secondary N) is 1. The van der Waals surface area contributed by atoms with Gasteiger partial charge < -0.3 is 5.32 Å². The first kappa shape index (κ1) is 13.0. The molecular formula is C18H18N2S. The molecule has 0 fully saturated rings. The third-order valence-corrected chi connectivity index (χ3v) is 5.36. The lowest BCUT2D eigenvalue weighted by Gasteiger charge is -2.24. The summed E-state index contributed by atoms with van der Waals surface area (Å²) in [6.45, 7) is 0.918. The molecule has 2 aromatic heterocycles. The van der Waals surface area contributed by atoms with E-state index in [4.69, 9.17) is 0 Å². The van der Waals surface area contributed by atoms with Crippen LogP contribution in [0.3, 0.4) is 0 Å². The van der Waals surface area contributed by atoms with E-state index in [1.54, 1.807) is 4.88 Å². The topological polar surface area (TPSA) is 24.9 Å². The van der Waals surface area contributed by atoms with Crippen molar-refractivity contribution in [2.24, 2.45) is 0 Å². The number of thiophene rings is 1. The summed E-state index contributed by atoms with van der Waals surface area (Å²) in [5.41, 5.74) is 2.88. The van der Waals surface area contributed by atoms with Crippen molar-refractivity contribution in [3.05, 3.63) is 64.1 Å². The number of aryl methyl sites for hydroxylation is 1. The molecule has 1 unspecified atom stereocenters. The number of rotatable bonds is 3. The Labute approximate surface area is 128 Å². The van der Waals surface area contributed by atoms with E-state index in [-0.39, 0.29) is 0 Å². The van der Waals surface area contributed by atoms with Crippen LogP contribution in [0.15, 0.2) is 48.1 Å². The minimum absolute atomic E-state index is 0.511. The number of hydrogen-bond donors (Lipinski definition) is 1. The Morgan fingerprint density at radius 1 is 1.24 bits per heavy atom. The standard InChI is InChI=1S/C18H18N2S/c1-3-13-11-19-9-7-15(13)14(4-1)12-20-17-5-2-6-18-16(17)8-10-21-18/h1,3-4,7-11,17,20H,2,5-6,12H2. The van der Waals surface area contributed by atoms with E-state index >= 15 is 0 Å². The van der Waals surface area contributed by atoms with E-state index in [9.17, 15) is 0 Å². The summed E-state index contributed by atoms with van der Waals surface area (Å²) in [6.07, 6.45) is 7.62. The highest BCUT2D eigenvalue weighted by atomic mass is 32.1. The zero-order valence-corrected chi connectivity index (χ0v) is 12.7. The van der Waals surface area contributed by atoms with Crippen LogP contribution in [0.2, 0.25) is 0 Å². The third kappa shape index (κ3) is 2.47. The Hall–Kier alpha value is -1.71. The highest BCUT2D eigenvalue weighted by molar-refractivity contribution is 7.10. The van der Waals surface area contributed by atoms with Crippen molar-refractivity contribution in [1.29, 1.82) is 0 Å². The van der Waals surface area contributed by atoms with Crippen molar-refractivity contribution in [3.8, 4) is 0 Å². The fraction of sp³-hybridized carbons (Fsp3) is 0.278. The van der Waals surface area contributed by atoms with Gasteiger partial charge >= 0.3 is 0 Å². The maximum atomic E-state index is 4.21. The third-order valence-electron chi connectivity index (χ3n) is 4.36. The van der Waals surface area contributed by atoms with E-state index in [1.165, 1.54) is 41.2 Å². The molecule has 3 heteroatoms. The van der Waals surface area contributed by atoms with Crippen molar-refractivity contribution in [1.82, 2.24) is 10.3 Å². The summed E-state index contributed by atoms with van der Waals surface area (Å²) in [5, 5.41) is 8.51. The Bertz CT molecular complexity index is 757. The molecule has 1 N–H and O–H groups in total. The Balaban J connectivity index is 1.57. The van der Waals surface area contributed by atoms with Crippen LogP contribution in [-0.2, 0) is 13.0 Å². The summed E-state index contributed by atoms with van der Waals surface area (Å²) in [5.74, 6) is 0. The Kier molecular flexibility index (Phi) is 3.45. The van der Waals surface area contributed by atoms with Crippen LogP contribution in [0.5, 0.6) is 0 Å².